The van der Waals surface area contributed by atoms with Crippen LogP contribution >= 0.6 is 0 Å². The first-order chi connectivity index (χ1) is 9.62. The average molecular weight is 277 g/mol. The Morgan fingerprint density at radius 2 is 2.30 bits per heavy atom. The molecule has 7 nitrogen and oxygen atoms in total. The lowest BCUT2D eigenvalue weighted by molar-refractivity contribution is 0.155. The van der Waals surface area contributed by atoms with Gasteiger partial charge in [-0.3, -0.25) is 0 Å². The smallest absolute Gasteiger partial charge is 0.348 e. The summed E-state index contributed by atoms with van der Waals surface area (Å²) in [4.78, 5) is 15.6. The summed E-state index contributed by atoms with van der Waals surface area (Å²) in [6.45, 7) is 2.32. The minimum absolute atomic E-state index is 0.0833. The fourth-order valence-corrected chi connectivity index (χ4v) is 2.79. The minimum atomic E-state index is -0.311. The molecule has 0 aromatic carbocycles. The number of nitrogens with one attached hydrogen (secondary N) is 2. The van der Waals surface area contributed by atoms with Gasteiger partial charge in [0.25, 0.3) is 0 Å². The van der Waals surface area contributed by atoms with Crippen LogP contribution in [0.1, 0.15) is 32.6 Å². The van der Waals surface area contributed by atoms with Crippen molar-refractivity contribution in [2.45, 2.75) is 38.1 Å². The van der Waals surface area contributed by atoms with E-state index in [1.807, 2.05) is 0 Å². The predicted octanol–water partition coefficient (Wildman–Crippen LogP) is 0.771. The molecule has 3 rings (SSSR count). The Balaban J connectivity index is 1.85. The molecular formula is C13H19N5O2. The lowest BCUT2D eigenvalue weighted by Gasteiger charge is -2.39. The molecule has 2 aromatic rings. The zero-order chi connectivity index (χ0) is 14.2. The molecule has 108 valence electrons. The Kier molecular flexibility index (Phi) is 3.21. The van der Waals surface area contributed by atoms with E-state index in [2.05, 4.69) is 27.4 Å². The van der Waals surface area contributed by atoms with Gasteiger partial charge in [-0.1, -0.05) is 6.92 Å². The number of aliphatic hydroxyl groups excluding tert-OH is 1. The molecule has 0 saturated heterocycles. The van der Waals surface area contributed by atoms with Crippen LogP contribution in [0, 0.1) is 5.92 Å². The van der Waals surface area contributed by atoms with Gasteiger partial charge in [0, 0.05) is 6.07 Å². The molecule has 20 heavy (non-hydrogen) atoms. The first-order valence-corrected chi connectivity index (χ1v) is 6.94. The number of rotatable bonds is 3. The molecule has 1 saturated carbocycles. The second-order valence-corrected chi connectivity index (χ2v) is 5.78. The molecule has 1 fully saturated rings. The molecule has 0 amide bonds. The van der Waals surface area contributed by atoms with Crippen LogP contribution in [-0.2, 0) is 0 Å². The van der Waals surface area contributed by atoms with E-state index in [0.29, 0.717) is 17.4 Å². The van der Waals surface area contributed by atoms with E-state index in [4.69, 9.17) is 0 Å². The van der Waals surface area contributed by atoms with Gasteiger partial charge >= 0.3 is 5.69 Å². The van der Waals surface area contributed by atoms with Crippen molar-refractivity contribution in [2.75, 3.05) is 11.9 Å². The van der Waals surface area contributed by atoms with Gasteiger partial charge in [-0.05, 0) is 31.6 Å². The van der Waals surface area contributed by atoms with Gasteiger partial charge in [0.1, 0.15) is 12.1 Å². The van der Waals surface area contributed by atoms with E-state index >= 15 is 0 Å². The lowest BCUT2D eigenvalue weighted by atomic mass is 9.77. The third-order valence-electron chi connectivity index (χ3n) is 4.24. The van der Waals surface area contributed by atoms with Crippen LogP contribution < -0.4 is 11.0 Å². The molecule has 1 aliphatic rings. The van der Waals surface area contributed by atoms with Crippen LogP contribution in [0.25, 0.3) is 5.65 Å². The number of H-pyrrole nitrogens is 1. The van der Waals surface area contributed by atoms with Crippen molar-refractivity contribution in [2.24, 2.45) is 5.92 Å². The number of hydrogen-bond acceptors (Lipinski definition) is 5. The van der Waals surface area contributed by atoms with Gasteiger partial charge in [-0.15, -0.1) is 0 Å². The molecule has 0 spiro atoms. The van der Waals surface area contributed by atoms with Crippen molar-refractivity contribution in [3.8, 4) is 0 Å². The summed E-state index contributed by atoms with van der Waals surface area (Å²) in [5.41, 5.74) is -0.0961. The van der Waals surface area contributed by atoms with E-state index in [9.17, 15) is 9.90 Å². The van der Waals surface area contributed by atoms with Crippen LogP contribution in [0.5, 0.6) is 0 Å². The summed E-state index contributed by atoms with van der Waals surface area (Å²) in [6.07, 6.45) is 5.48. The zero-order valence-corrected chi connectivity index (χ0v) is 11.5. The highest BCUT2D eigenvalue weighted by atomic mass is 16.3. The average Bonchev–Trinajstić information content (AvgIpc) is 2.83. The van der Waals surface area contributed by atoms with E-state index in [0.717, 1.165) is 25.7 Å². The SMILES string of the molecule is CC1CCC(CO)(Nc2cc3n[nH]c(=O)n3cn2)CC1. The van der Waals surface area contributed by atoms with E-state index in [1.54, 1.807) is 6.07 Å². The second-order valence-electron chi connectivity index (χ2n) is 5.78. The zero-order valence-electron chi connectivity index (χ0n) is 11.5. The van der Waals surface area contributed by atoms with Gasteiger partial charge in [0.15, 0.2) is 5.65 Å². The minimum Gasteiger partial charge on any atom is -0.394 e. The van der Waals surface area contributed by atoms with Gasteiger partial charge in [-0.2, -0.15) is 5.10 Å². The largest absolute Gasteiger partial charge is 0.394 e. The second kappa shape index (κ2) is 4.90. The number of aliphatic hydroxyl groups is 1. The van der Waals surface area contributed by atoms with Crippen molar-refractivity contribution in [1.82, 2.24) is 19.6 Å². The van der Waals surface area contributed by atoms with Crippen LogP contribution in [-0.4, -0.2) is 36.8 Å². The number of hydrogen-bond donors (Lipinski definition) is 3. The van der Waals surface area contributed by atoms with Crippen molar-refractivity contribution >= 4 is 11.5 Å². The van der Waals surface area contributed by atoms with Crippen molar-refractivity contribution in [3.63, 3.8) is 0 Å². The Morgan fingerprint density at radius 1 is 1.55 bits per heavy atom. The predicted molar refractivity (Wildman–Crippen MR) is 74.7 cm³/mol. The molecular weight excluding hydrogens is 258 g/mol. The Bertz CT molecular complexity index is 654. The summed E-state index contributed by atoms with van der Waals surface area (Å²) in [5.74, 6) is 1.34. The summed E-state index contributed by atoms with van der Waals surface area (Å²) < 4.78 is 1.35. The highest BCUT2D eigenvalue weighted by Gasteiger charge is 2.33. The maximum absolute atomic E-state index is 11.4. The monoisotopic (exact) mass is 277 g/mol. The van der Waals surface area contributed by atoms with Gasteiger partial charge in [0.2, 0.25) is 0 Å². The number of aromatic amines is 1. The first-order valence-electron chi connectivity index (χ1n) is 6.94. The highest BCUT2D eigenvalue weighted by molar-refractivity contribution is 5.49. The number of anilines is 1. The fraction of sp³-hybridized carbons (Fsp3) is 0.615. The van der Waals surface area contributed by atoms with Crippen LogP contribution in [0.4, 0.5) is 5.82 Å². The van der Waals surface area contributed by atoms with Crippen LogP contribution in [0.15, 0.2) is 17.2 Å². The highest BCUT2D eigenvalue weighted by Crippen LogP contribution is 2.33. The summed E-state index contributed by atoms with van der Waals surface area (Å²) in [5, 5.41) is 19.4. The Labute approximate surface area is 116 Å². The molecule has 0 unspecified atom stereocenters. The quantitative estimate of drug-likeness (QED) is 0.770. The van der Waals surface area contributed by atoms with E-state index in [-0.39, 0.29) is 17.8 Å². The summed E-state index contributed by atoms with van der Waals surface area (Å²) >= 11 is 0. The Hall–Kier alpha value is -1.89. The number of aromatic nitrogens is 4. The lowest BCUT2D eigenvalue weighted by Crippen LogP contribution is -2.45. The molecule has 1 aliphatic carbocycles. The van der Waals surface area contributed by atoms with Crippen LogP contribution in [0.2, 0.25) is 0 Å². The van der Waals surface area contributed by atoms with E-state index in [1.165, 1.54) is 10.7 Å². The van der Waals surface area contributed by atoms with Crippen LogP contribution in [0.3, 0.4) is 0 Å². The maximum Gasteiger partial charge on any atom is 0.348 e. The van der Waals surface area contributed by atoms with Crippen molar-refractivity contribution in [3.05, 3.63) is 22.9 Å². The summed E-state index contributed by atoms with van der Waals surface area (Å²) in [6, 6.07) is 1.72. The molecule has 0 bridgehead atoms. The maximum atomic E-state index is 11.4. The molecule has 2 heterocycles. The molecule has 3 N–H and O–H groups in total. The summed E-state index contributed by atoms with van der Waals surface area (Å²) in [7, 11) is 0. The standard InChI is InChI=1S/C13H19N5O2/c1-9-2-4-13(7-19,5-3-9)15-10-6-11-16-17-12(20)18(11)8-14-10/h6,8-9,15,19H,2-5,7H2,1H3,(H,17,20). The third-order valence-corrected chi connectivity index (χ3v) is 4.24. The third kappa shape index (κ3) is 2.29. The molecule has 0 atom stereocenters. The first kappa shape index (κ1) is 13.1. The molecule has 0 aliphatic heterocycles. The molecule has 0 radical (unpaired) electrons. The van der Waals surface area contributed by atoms with Crippen molar-refractivity contribution < 1.29 is 5.11 Å². The normalized spacial score (nSPS) is 26.8. The molecule has 2 aromatic heterocycles. The topological polar surface area (TPSA) is 95.3 Å². The molecule has 7 heteroatoms. The number of nitrogens with zero attached hydrogens (tertiary/aromatic N) is 3. The number of fused-ring (bicyclic) bond motifs is 1. The van der Waals surface area contributed by atoms with E-state index < -0.39 is 0 Å². The van der Waals surface area contributed by atoms with Gasteiger partial charge < -0.3 is 10.4 Å². The van der Waals surface area contributed by atoms with Gasteiger partial charge in [-0.25, -0.2) is 19.3 Å². The van der Waals surface area contributed by atoms with Crippen molar-refractivity contribution in [1.29, 1.82) is 0 Å². The fourth-order valence-electron chi connectivity index (χ4n) is 2.79. The van der Waals surface area contributed by atoms with Gasteiger partial charge in [0.05, 0.1) is 12.1 Å². The Morgan fingerprint density at radius 3 is 3.00 bits per heavy atom.